The summed E-state index contributed by atoms with van der Waals surface area (Å²) in [6.45, 7) is 16.9. The summed E-state index contributed by atoms with van der Waals surface area (Å²) >= 11 is 6.40. The Hall–Kier alpha value is -3.86. The molecular formula is C42H57ClN2O2. The van der Waals surface area contributed by atoms with Crippen molar-refractivity contribution in [2.75, 3.05) is 13.7 Å². The number of aromatic nitrogens is 1. The van der Waals surface area contributed by atoms with Crippen molar-refractivity contribution in [2.45, 2.75) is 86.1 Å². The zero-order valence-corrected chi connectivity index (χ0v) is 30.5. The number of unbranched alkanes of at least 4 members (excludes halogenated alkanes) is 1. The molecule has 1 atom stereocenters. The van der Waals surface area contributed by atoms with E-state index in [2.05, 4.69) is 91.3 Å². The lowest BCUT2D eigenvalue weighted by Crippen LogP contribution is -2.16. The highest BCUT2D eigenvalue weighted by Gasteiger charge is 2.23. The molecule has 0 radical (unpaired) electrons. The second-order valence-electron chi connectivity index (χ2n) is 10.8. The van der Waals surface area contributed by atoms with E-state index < -0.39 is 0 Å². The number of benzene rings is 3. The van der Waals surface area contributed by atoms with E-state index in [4.69, 9.17) is 17.3 Å². The molecule has 0 aliphatic heterocycles. The van der Waals surface area contributed by atoms with Gasteiger partial charge >= 0.3 is 5.97 Å². The number of hydrogen-bond acceptors (Lipinski definition) is 3. The summed E-state index contributed by atoms with van der Waals surface area (Å²) in [4.78, 5) is 10.9. The second kappa shape index (κ2) is 24.3. The summed E-state index contributed by atoms with van der Waals surface area (Å²) in [5.41, 5.74) is 13.0. The Labute approximate surface area is 290 Å². The van der Waals surface area contributed by atoms with Gasteiger partial charge < -0.3 is 15.0 Å². The molecule has 0 spiro atoms. The van der Waals surface area contributed by atoms with Crippen LogP contribution in [0.5, 0.6) is 0 Å². The topological polar surface area (TPSA) is 57.2 Å². The summed E-state index contributed by atoms with van der Waals surface area (Å²) in [5.74, 6) is -0.287. The highest BCUT2D eigenvalue weighted by atomic mass is 35.5. The van der Waals surface area contributed by atoms with E-state index in [0.717, 1.165) is 36.3 Å². The first-order chi connectivity index (χ1) is 22.9. The van der Waals surface area contributed by atoms with Gasteiger partial charge in [-0.05, 0) is 67.8 Å². The lowest BCUT2D eigenvalue weighted by Gasteiger charge is -2.23. The van der Waals surface area contributed by atoms with Gasteiger partial charge in [-0.25, -0.2) is 4.79 Å². The molecule has 2 N–H and O–H groups in total. The number of allylic oxidation sites excluding steroid dienone is 5. The molecule has 0 saturated carbocycles. The Morgan fingerprint density at radius 3 is 2.13 bits per heavy atom. The highest BCUT2D eigenvalue weighted by molar-refractivity contribution is 6.31. The normalized spacial score (nSPS) is 11.2. The van der Waals surface area contributed by atoms with Gasteiger partial charge in [0.15, 0.2) is 0 Å². The highest BCUT2D eigenvalue weighted by Crippen LogP contribution is 2.36. The van der Waals surface area contributed by atoms with Gasteiger partial charge in [0.2, 0.25) is 0 Å². The van der Waals surface area contributed by atoms with Crippen LogP contribution in [0.1, 0.15) is 99.1 Å². The molecule has 4 rings (SSSR count). The monoisotopic (exact) mass is 656 g/mol. The quantitative estimate of drug-likeness (QED) is 0.122. The van der Waals surface area contributed by atoms with Crippen LogP contribution in [0.4, 0.5) is 0 Å². The van der Waals surface area contributed by atoms with E-state index in [9.17, 15) is 4.79 Å². The molecule has 1 aromatic heterocycles. The minimum absolute atomic E-state index is 0.190. The fourth-order valence-corrected chi connectivity index (χ4v) is 5.17. The summed E-state index contributed by atoms with van der Waals surface area (Å²) in [6.07, 6.45) is 16.6. The predicted octanol–water partition coefficient (Wildman–Crippen LogP) is 11.6. The fraction of sp³-hybridized carbons (Fsp3) is 0.357. The average Bonchev–Trinajstić information content (AvgIpc) is 3.39. The number of carbonyl (C=O) groups excluding carboxylic acids is 1. The number of ether oxygens (including phenoxy) is 1. The Balaban J connectivity index is 0.000000536. The number of rotatable bonds is 12. The molecule has 47 heavy (non-hydrogen) atoms. The molecule has 5 heteroatoms. The summed E-state index contributed by atoms with van der Waals surface area (Å²) in [5, 5.41) is 2.03. The van der Waals surface area contributed by atoms with Crippen molar-refractivity contribution in [2.24, 2.45) is 5.73 Å². The Morgan fingerprint density at radius 2 is 1.57 bits per heavy atom. The number of esters is 1. The number of fused-ring (bicyclic) bond motifs is 1. The number of hydrogen-bond donors (Lipinski definition) is 1. The van der Waals surface area contributed by atoms with Crippen LogP contribution in [0.15, 0.2) is 110 Å². The number of carbonyl (C=O) groups is 1. The molecule has 4 nitrogen and oxygen atoms in total. The summed E-state index contributed by atoms with van der Waals surface area (Å²) in [6, 6.07) is 24.4. The van der Waals surface area contributed by atoms with E-state index in [1.807, 2.05) is 51.1 Å². The minimum atomic E-state index is -0.287. The first-order valence-corrected chi connectivity index (χ1v) is 17.4. The van der Waals surface area contributed by atoms with E-state index in [1.165, 1.54) is 47.7 Å². The maximum atomic E-state index is 10.9. The first kappa shape index (κ1) is 41.2. The number of halogens is 1. The SMILES string of the molecule is C=C/C=C\C=C/CC(c1ccccc1)n1c(CCN)c(CCC)c2cc(Cl)ccc21.CC.CCCC.COC(=O)c1ccc(C)cc1. The van der Waals surface area contributed by atoms with Gasteiger partial charge in [0.05, 0.1) is 18.7 Å². The molecule has 0 aliphatic rings. The smallest absolute Gasteiger partial charge is 0.337 e. The number of nitrogens with zero attached hydrogens (tertiary/aromatic N) is 1. The van der Waals surface area contributed by atoms with Crippen molar-refractivity contribution < 1.29 is 9.53 Å². The van der Waals surface area contributed by atoms with Crippen LogP contribution in [-0.4, -0.2) is 24.2 Å². The molecular weight excluding hydrogens is 600 g/mol. The third-order valence-corrected chi connectivity index (χ3v) is 7.62. The lowest BCUT2D eigenvalue weighted by atomic mass is 10.0. The number of nitrogens with two attached hydrogens (primary N) is 1. The number of methoxy groups -OCH3 is 1. The van der Waals surface area contributed by atoms with Gasteiger partial charge in [-0.3, -0.25) is 0 Å². The third-order valence-electron chi connectivity index (χ3n) is 7.39. The van der Waals surface area contributed by atoms with E-state index in [-0.39, 0.29) is 12.0 Å². The van der Waals surface area contributed by atoms with Crippen LogP contribution in [0.2, 0.25) is 5.02 Å². The van der Waals surface area contributed by atoms with Crippen molar-refractivity contribution in [3.63, 3.8) is 0 Å². The van der Waals surface area contributed by atoms with Gasteiger partial charge in [-0.15, -0.1) is 0 Å². The van der Waals surface area contributed by atoms with E-state index in [1.54, 1.807) is 18.2 Å². The maximum Gasteiger partial charge on any atom is 0.337 e. The third kappa shape index (κ3) is 13.4. The molecule has 254 valence electrons. The van der Waals surface area contributed by atoms with Crippen LogP contribution in [0.25, 0.3) is 10.9 Å². The van der Waals surface area contributed by atoms with Gasteiger partial charge in [0.25, 0.3) is 0 Å². The molecule has 1 heterocycles. The van der Waals surface area contributed by atoms with Crippen molar-refractivity contribution in [1.29, 1.82) is 0 Å². The van der Waals surface area contributed by atoms with E-state index in [0.29, 0.717) is 12.1 Å². The maximum absolute atomic E-state index is 10.9. The molecule has 4 aromatic rings. The minimum Gasteiger partial charge on any atom is -0.465 e. The summed E-state index contributed by atoms with van der Waals surface area (Å²) < 4.78 is 7.04. The first-order valence-electron chi connectivity index (χ1n) is 17.0. The molecule has 0 fully saturated rings. The van der Waals surface area contributed by atoms with Gasteiger partial charge in [0.1, 0.15) is 0 Å². The zero-order valence-electron chi connectivity index (χ0n) is 29.8. The van der Waals surface area contributed by atoms with Crippen molar-refractivity contribution in [1.82, 2.24) is 4.57 Å². The Bertz CT molecular complexity index is 1500. The fourth-order valence-electron chi connectivity index (χ4n) is 5.00. The Kier molecular flexibility index (Phi) is 21.3. The van der Waals surface area contributed by atoms with Crippen LogP contribution >= 0.6 is 11.6 Å². The predicted molar refractivity (Wildman–Crippen MR) is 206 cm³/mol. The molecule has 3 aromatic carbocycles. The van der Waals surface area contributed by atoms with Gasteiger partial charge in [0, 0.05) is 28.0 Å². The molecule has 0 aliphatic carbocycles. The van der Waals surface area contributed by atoms with Crippen molar-refractivity contribution in [3.05, 3.63) is 143 Å². The van der Waals surface area contributed by atoms with Crippen LogP contribution in [-0.2, 0) is 17.6 Å². The molecule has 0 amide bonds. The van der Waals surface area contributed by atoms with Crippen molar-refractivity contribution in [3.8, 4) is 0 Å². The molecule has 0 bridgehead atoms. The summed E-state index contributed by atoms with van der Waals surface area (Å²) in [7, 11) is 1.38. The lowest BCUT2D eigenvalue weighted by molar-refractivity contribution is 0.0600. The van der Waals surface area contributed by atoms with Crippen LogP contribution in [0, 0.1) is 6.92 Å². The second-order valence-corrected chi connectivity index (χ2v) is 11.3. The van der Waals surface area contributed by atoms with Crippen LogP contribution < -0.4 is 5.73 Å². The Morgan fingerprint density at radius 1 is 0.915 bits per heavy atom. The van der Waals surface area contributed by atoms with E-state index >= 15 is 0 Å². The molecule has 1 unspecified atom stereocenters. The standard InChI is InChI=1S/C27H31ClN2.C9H10O2.C4H10.C2H6/c1-3-5-6-7-11-15-25(21-13-9-8-10-14-21)30-26-17-16-22(28)20-24(26)23(12-4-2)27(30)18-19-29;1-7-3-5-8(6-4-7)9(10)11-2;1-3-4-2;1-2/h3,5-11,13-14,16-17,20,25H,1,4,12,15,18-19,29H2,2H3;3-6H,1-2H3;3-4H2,1-2H3;1-2H3/b6-5-,11-7-;;;. The number of aryl methyl sites for hydroxylation is 2. The van der Waals surface area contributed by atoms with Crippen LogP contribution in [0.3, 0.4) is 0 Å². The molecule has 0 saturated heterocycles. The van der Waals surface area contributed by atoms with Gasteiger partial charge in [-0.1, -0.05) is 150 Å². The average molecular weight is 657 g/mol. The van der Waals surface area contributed by atoms with Crippen molar-refractivity contribution >= 4 is 28.5 Å². The zero-order chi connectivity index (χ0) is 35.0. The van der Waals surface area contributed by atoms with Gasteiger partial charge in [-0.2, -0.15) is 0 Å². The largest absolute Gasteiger partial charge is 0.465 e.